The zero-order chi connectivity index (χ0) is 37.7. The van der Waals surface area contributed by atoms with Gasteiger partial charge in [0.1, 0.15) is 5.52 Å². The summed E-state index contributed by atoms with van der Waals surface area (Å²) in [5.74, 6) is 0.633. The fourth-order valence-electron chi connectivity index (χ4n) is 8.04. The first kappa shape index (κ1) is 33.1. The van der Waals surface area contributed by atoms with Gasteiger partial charge in [-0.2, -0.15) is 0 Å². The summed E-state index contributed by atoms with van der Waals surface area (Å²) in [4.78, 5) is 7.47. The number of anilines is 3. The van der Waals surface area contributed by atoms with E-state index in [2.05, 4.69) is 211 Å². The molecule has 0 spiro atoms. The third kappa shape index (κ3) is 5.95. The number of fused-ring (bicyclic) bond motifs is 6. The second kappa shape index (κ2) is 13.8. The van der Waals surface area contributed by atoms with E-state index in [1.165, 1.54) is 47.8 Å². The van der Waals surface area contributed by atoms with E-state index in [0.717, 1.165) is 50.2 Å². The van der Waals surface area contributed by atoms with Crippen LogP contribution < -0.4 is 4.90 Å². The molecule has 0 saturated carbocycles. The van der Waals surface area contributed by atoms with E-state index in [9.17, 15) is 0 Å². The molecular formula is C53H34N2OS. The molecule has 0 bridgehead atoms. The number of benzene rings is 9. The van der Waals surface area contributed by atoms with Gasteiger partial charge in [-0.15, -0.1) is 11.3 Å². The van der Waals surface area contributed by atoms with Crippen molar-refractivity contribution in [3.8, 4) is 44.8 Å². The molecule has 0 N–H and O–H groups in total. The SMILES string of the molecule is c1ccc(-c2ccc(-c3ccc(N(c4ccccc4)c4ccc(-c5cc6oc(-c7ccc8ccccc8c7)nc6c6c5sc5ccccc56)cc4)cc3)cc2)cc1. The lowest BCUT2D eigenvalue weighted by Crippen LogP contribution is -2.09. The molecule has 0 saturated heterocycles. The van der Waals surface area contributed by atoms with E-state index in [1.54, 1.807) is 0 Å². The van der Waals surface area contributed by atoms with Crippen LogP contribution in [-0.4, -0.2) is 4.98 Å². The molecule has 0 aliphatic heterocycles. The number of hydrogen-bond acceptors (Lipinski definition) is 4. The van der Waals surface area contributed by atoms with Gasteiger partial charge in [-0.1, -0.05) is 146 Å². The summed E-state index contributed by atoms with van der Waals surface area (Å²) in [6, 6.07) is 73.3. The molecule has 0 aliphatic rings. The van der Waals surface area contributed by atoms with E-state index in [1.807, 2.05) is 11.3 Å². The summed E-state index contributed by atoms with van der Waals surface area (Å²) in [7, 11) is 0. The number of nitrogens with zero attached hydrogens (tertiary/aromatic N) is 2. The zero-order valence-electron chi connectivity index (χ0n) is 30.8. The number of thiophene rings is 1. The molecule has 0 radical (unpaired) electrons. The highest BCUT2D eigenvalue weighted by molar-refractivity contribution is 7.26. The molecule has 0 aliphatic carbocycles. The zero-order valence-corrected chi connectivity index (χ0v) is 31.7. The summed E-state index contributed by atoms with van der Waals surface area (Å²) in [5, 5.41) is 4.70. The Balaban J connectivity index is 0.973. The predicted molar refractivity (Wildman–Crippen MR) is 241 cm³/mol. The van der Waals surface area contributed by atoms with E-state index >= 15 is 0 Å². The van der Waals surface area contributed by atoms with Gasteiger partial charge in [0, 0.05) is 48.4 Å². The summed E-state index contributed by atoms with van der Waals surface area (Å²) >= 11 is 1.82. The lowest BCUT2D eigenvalue weighted by Gasteiger charge is -2.26. The maximum absolute atomic E-state index is 6.62. The Morgan fingerprint density at radius 2 is 0.947 bits per heavy atom. The minimum absolute atomic E-state index is 0.633. The molecule has 2 heterocycles. The Hall–Kier alpha value is -7.27. The number of aromatic nitrogens is 1. The van der Waals surface area contributed by atoms with Crippen LogP contribution in [0.4, 0.5) is 17.1 Å². The normalized spacial score (nSPS) is 11.5. The Kier molecular flexibility index (Phi) is 8.01. The fraction of sp³-hybridized carbons (Fsp3) is 0. The van der Waals surface area contributed by atoms with Crippen LogP contribution in [0.3, 0.4) is 0 Å². The van der Waals surface area contributed by atoms with Gasteiger partial charge in [0.15, 0.2) is 5.58 Å². The third-order valence-corrected chi connectivity index (χ3v) is 12.1. The van der Waals surface area contributed by atoms with Gasteiger partial charge in [0.25, 0.3) is 0 Å². The van der Waals surface area contributed by atoms with Crippen molar-refractivity contribution < 1.29 is 4.42 Å². The molecule has 268 valence electrons. The van der Waals surface area contributed by atoms with E-state index in [4.69, 9.17) is 9.40 Å². The van der Waals surface area contributed by atoms with Crippen LogP contribution in [0.25, 0.3) is 86.9 Å². The van der Waals surface area contributed by atoms with Crippen LogP contribution >= 0.6 is 11.3 Å². The lowest BCUT2D eigenvalue weighted by molar-refractivity contribution is 0.620. The smallest absolute Gasteiger partial charge is 0.227 e. The van der Waals surface area contributed by atoms with Crippen molar-refractivity contribution in [2.75, 3.05) is 4.90 Å². The van der Waals surface area contributed by atoms with Crippen LogP contribution in [0, 0.1) is 0 Å². The van der Waals surface area contributed by atoms with Gasteiger partial charge >= 0.3 is 0 Å². The molecule has 3 nitrogen and oxygen atoms in total. The number of para-hydroxylation sites is 1. The molecule has 11 rings (SSSR count). The predicted octanol–water partition coefficient (Wildman–Crippen LogP) is 15.5. The van der Waals surface area contributed by atoms with Gasteiger partial charge in [-0.3, -0.25) is 0 Å². The van der Waals surface area contributed by atoms with E-state index in [-0.39, 0.29) is 0 Å². The molecule has 0 unspecified atom stereocenters. The highest BCUT2D eigenvalue weighted by Gasteiger charge is 2.20. The second-order valence-electron chi connectivity index (χ2n) is 14.4. The van der Waals surface area contributed by atoms with Crippen LogP contribution in [-0.2, 0) is 0 Å². The highest BCUT2D eigenvalue weighted by atomic mass is 32.1. The highest BCUT2D eigenvalue weighted by Crippen LogP contribution is 2.46. The van der Waals surface area contributed by atoms with Gasteiger partial charge in [0.05, 0.1) is 0 Å². The average molecular weight is 747 g/mol. The number of rotatable bonds is 7. The summed E-state index contributed by atoms with van der Waals surface area (Å²) in [5.41, 5.74) is 13.0. The minimum atomic E-state index is 0.633. The molecule has 0 amide bonds. The quantitative estimate of drug-likeness (QED) is 0.163. The molecule has 0 fully saturated rings. The van der Waals surface area contributed by atoms with Gasteiger partial charge < -0.3 is 9.32 Å². The third-order valence-electron chi connectivity index (χ3n) is 10.9. The van der Waals surface area contributed by atoms with Crippen LogP contribution in [0.5, 0.6) is 0 Å². The fourth-order valence-corrected chi connectivity index (χ4v) is 9.28. The maximum atomic E-state index is 6.62. The first-order valence-electron chi connectivity index (χ1n) is 19.2. The van der Waals surface area contributed by atoms with E-state index in [0.29, 0.717) is 5.89 Å². The van der Waals surface area contributed by atoms with Crippen LogP contribution in [0.15, 0.2) is 211 Å². The van der Waals surface area contributed by atoms with Crippen molar-refractivity contribution >= 4 is 70.4 Å². The Morgan fingerprint density at radius 3 is 1.65 bits per heavy atom. The summed E-state index contributed by atoms with van der Waals surface area (Å²) in [6.45, 7) is 0. The van der Waals surface area contributed by atoms with Crippen molar-refractivity contribution in [3.63, 3.8) is 0 Å². The topological polar surface area (TPSA) is 29.3 Å². The minimum Gasteiger partial charge on any atom is -0.436 e. The van der Waals surface area contributed by atoms with Crippen molar-refractivity contribution in [2.45, 2.75) is 0 Å². The van der Waals surface area contributed by atoms with Crippen molar-refractivity contribution in [1.29, 1.82) is 0 Å². The molecular weight excluding hydrogens is 713 g/mol. The van der Waals surface area contributed by atoms with Crippen LogP contribution in [0.1, 0.15) is 0 Å². The summed E-state index contributed by atoms with van der Waals surface area (Å²) in [6.07, 6.45) is 0. The van der Waals surface area contributed by atoms with Crippen molar-refractivity contribution in [2.24, 2.45) is 0 Å². The number of oxazole rings is 1. The molecule has 0 atom stereocenters. The first-order valence-corrected chi connectivity index (χ1v) is 20.0. The molecule has 57 heavy (non-hydrogen) atoms. The van der Waals surface area contributed by atoms with Gasteiger partial charge in [-0.25, -0.2) is 4.98 Å². The Bertz CT molecular complexity index is 3200. The van der Waals surface area contributed by atoms with Gasteiger partial charge in [0.2, 0.25) is 5.89 Å². The lowest BCUT2D eigenvalue weighted by atomic mass is 10.00. The second-order valence-corrected chi connectivity index (χ2v) is 15.4. The first-order chi connectivity index (χ1) is 28.2. The van der Waals surface area contributed by atoms with Gasteiger partial charge in [-0.05, 0) is 99.3 Å². The largest absolute Gasteiger partial charge is 0.436 e. The molecule has 2 aromatic heterocycles. The summed E-state index contributed by atoms with van der Waals surface area (Å²) < 4.78 is 9.07. The average Bonchev–Trinajstić information content (AvgIpc) is 3.90. The van der Waals surface area contributed by atoms with E-state index < -0.39 is 0 Å². The van der Waals surface area contributed by atoms with Crippen molar-refractivity contribution in [1.82, 2.24) is 4.98 Å². The van der Waals surface area contributed by atoms with Crippen LogP contribution in [0.2, 0.25) is 0 Å². The standard InChI is InChI=1S/C53H34N2OS/c1-3-11-35(12-4-1)37-19-21-38(22-20-37)39-25-29-44(30-26-39)55(43-15-5-2-6-16-43)45-31-27-40(28-32-45)47-34-48-51(50-46-17-9-10-18-49(46)57-52(47)50)54-53(56-48)42-24-23-36-13-7-8-14-41(36)33-42/h1-34H. The molecule has 9 aromatic carbocycles. The Labute approximate surface area is 334 Å². The molecule has 11 aromatic rings. The molecule has 4 heteroatoms. The Morgan fingerprint density at radius 1 is 0.421 bits per heavy atom. The monoisotopic (exact) mass is 746 g/mol. The van der Waals surface area contributed by atoms with Crippen molar-refractivity contribution in [3.05, 3.63) is 206 Å². The number of hydrogen-bond donors (Lipinski definition) is 0. The maximum Gasteiger partial charge on any atom is 0.227 e.